The van der Waals surface area contributed by atoms with E-state index >= 15 is 0 Å². The van der Waals surface area contributed by atoms with Crippen molar-refractivity contribution in [2.24, 2.45) is 5.92 Å². The minimum atomic E-state index is -0.584. The number of nitrogens with one attached hydrogen (secondary N) is 1. The standard InChI is InChI=1S/C32H34Cl2FN3O3/c1-21-7-8-24(35)20-28(21)31-27(9-10-30(39)38(31)12-4-11-37-13-15-41-16-14-37)32(40)36-25-18-22(17-23(33)19-25)26-5-2-3-6-29(26)34/h2-3,5-8,17-20,27,31H,4,9-16H2,1H3,(H,36,40)/t27?,31-/m0/s1. The molecule has 2 amide bonds. The van der Waals surface area contributed by atoms with Crippen LogP contribution in [0, 0.1) is 18.7 Å². The molecule has 41 heavy (non-hydrogen) atoms. The van der Waals surface area contributed by atoms with Crippen molar-refractivity contribution in [1.82, 2.24) is 9.80 Å². The summed E-state index contributed by atoms with van der Waals surface area (Å²) in [7, 11) is 0. The Hall–Kier alpha value is -2.97. The number of hydrogen-bond acceptors (Lipinski definition) is 4. The van der Waals surface area contributed by atoms with Gasteiger partial charge >= 0.3 is 0 Å². The van der Waals surface area contributed by atoms with Gasteiger partial charge in [-0.05, 0) is 72.9 Å². The van der Waals surface area contributed by atoms with E-state index in [4.69, 9.17) is 27.9 Å². The van der Waals surface area contributed by atoms with Crippen molar-refractivity contribution in [3.8, 4) is 11.1 Å². The SMILES string of the molecule is Cc1ccc(F)cc1[C@@H]1C(C(=O)Nc2cc(Cl)cc(-c3ccccc3Cl)c2)CCC(=O)N1CCCN1CCOCC1. The summed E-state index contributed by atoms with van der Waals surface area (Å²) in [6, 6.07) is 16.7. The van der Waals surface area contributed by atoms with Crippen molar-refractivity contribution in [3.63, 3.8) is 0 Å². The van der Waals surface area contributed by atoms with Gasteiger partial charge in [-0.1, -0.05) is 47.5 Å². The molecule has 9 heteroatoms. The molecule has 5 rings (SSSR count). The van der Waals surface area contributed by atoms with E-state index in [-0.39, 0.29) is 18.2 Å². The molecule has 0 saturated carbocycles. The van der Waals surface area contributed by atoms with Gasteiger partial charge in [-0.15, -0.1) is 0 Å². The van der Waals surface area contributed by atoms with Crippen LogP contribution in [-0.4, -0.2) is 61.0 Å². The summed E-state index contributed by atoms with van der Waals surface area (Å²) in [6.45, 7) is 6.33. The Morgan fingerprint density at radius 2 is 1.83 bits per heavy atom. The second-order valence-corrected chi connectivity index (χ2v) is 11.5. The molecule has 6 nitrogen and oxygen atoms in total. The van der Waals surface area contributed by atoms with E-state index in [0.29, 0.717) is 47.5 Å². The lowest BCUT2D eigenvalue weighted by Gasteiger charge is -2.42. The summed E-state index contributed by atoms with van der Waals surface area (Å²) in [6.07, 6.45) is 1.37. The van der Waals surface area contributed by atoms with Crippen LogP contribution in [0.1, 0.15) is 36.4 Å². The maximum atomic E-state index is 14.5. The molecule has 0 aromatic heterocycles. The van der Waals surface area contributed by atoms with Crippen LogP contribution < -0.4 is 5.32 Å². The first-order chi connectivity index (χ1) is 19.8. The van der Waals surface area contributed by atoms with Gasteiger partial charge in [0.2, 0.25) is 11.8 Å². The maximum absolute atomic E-state index is 14.5. The van der Waals surface area contributed by atoms with Crippen LogP contribution >= 0.6 is 23.2 Å². The number of halogens is 3. The highest BCUT2D eigenvalue weighted by molar-refractivity contribution is 6.34. The smallest absolute Gasteiger partial charge is 0.229 e. The molecule has 0 spiro atoms. The molecule has 2 fully saturated rings. The summed E-state index contributed by atoms with van der Waals surface area (Å²) < 4.78 is 20.0. The highest BCUT2D eigenvalue weighted by Gasteiger charge is 2.41. The van der Waals surface area contributed by atoms with Gasteiger partial charge in [0.1, 0.15) is 5.82 Å². The zero-order chi connectivity index (χ0) is 28.9. The average Bonchev–Trinajstić information content (AvgIpc) is 2.95. The zero-order valence-corrected chi connectivity index (χ0v) is 24.6. The molecule has 1 N–H and O–H groups in total. The lowest BCUT2D eigenvalue weighted by atomic mass is 9.81. The van der Waals surface area contributed by atoms with Crippen LogP contribution in [0.25, 0.3) is 11.1 Å². The summed E-state index contributed by atoms with van der Waals surface area (Å²) >= 11 is 12.9. The van der Waals surface area contributed by atoms with Crippen LogP contribution in [0.3, 0.4) is 0 Å². The van der Waals surface area contributed by atoms with Crippen LogP contribution in [0.15, 0.2) is 60.7 Å². The van der Waals surface area contributed by atoms with Gasteiger partial charge in [0, 0.05) is 53.9 Å². The largest absolute Gasteiger partial charge is 0.379 e. The first kappa shape index (κ1) is 29.5. The molecule has 2 aliphatic rings. The van der Waals surface area contributed by atoms with E-state index in [0.717, 1.165) is 42.7 Å². The summed E-state index contributed by atoms with van der Waals surface area (Å²) in [5.74, 6) is -1.22. The molecule has 2 aliphatic heterocycles. The Morgan fingerprint density at radius 1 is 1.05 bits per heavy atom. The topological polar surface area (TPSA) is 61.9 Å². The quantitative estimate of drug-likeness (QED) is 0.312. The molecular weight excluding hydrogens is 564 g/mol. The molecule has 3 aromatic carbocycles. The predicted octanol–water partition coefficient (Wildman–Crippen LogP) is 6.75. The van der Waals surface area contributed by atoms with Crippen molar-refractivity contribution in [2.75, 3.05) is 44.7 Å². The molecule has 3 aromatic rings. The Balaban J connectivity index is 1.41. The number of piperidine rings is 1. The number of likely N-dealkylation sites (tertiary alicyclic amines) is 1. The van der Waals surface area contributed by atoms with Gasteiger partial charge in [-0.25, -0.2) is 4.39 Å². The third kappa shape index (κ3) is 7.09. The number of amides is 2. The van der Waals surface area contributed by atoms with Crippen molar-refractivity contribution in [1.29, 1.82) is 0 Å². The van der Waals surface area contributed by atoms with Crippen molar-refractivity contribution < 1.29 is 18.7 Å². The second kappa shape index (κ2) is 13.3. The fourth-order valence-electron chi connectivity index (χ4n) is 5.84. The number of anilines is 1. The second-order valence-electron chi connectivity index (χ2n) is 10.7. The van der Waals surface area contributed by atoms with Gasteiger partial charge in [0.05, 0.1) is 25.2 Å². The molecule has 2 atom stereocenters. The first-order valence-electron chi connectivity index (χ1n) is 14.0. The highest BCUT2D eigenvalue weighted by atomic mass is 35.5. The summed E-state index contributed by atoms with van der Waals surface area (Å²) in [4.78, 5) is 31.3. The van der Waals surface area contributed by atoms with E-state index < -0.39 is 17.8 Å². The number of aryl methyl sites for hydroxylation is 1. The van der Waals surface area contributed by atoms with Gasteiger partial charge in [0.15, 0.2) is 0 Å². The highest BCUT2D eigenvalue weighted by Crippen LogP contribution is 2.40. The zero-order valence-electron chi connectivity index (χ0n) is 23.0. The van der Waals surface area contributed by atoms with Gasteiger partial charge < -0.3 is 15.0 Å². The van der Waals surface area contributed by atoms with Crippen molar-refractivity contribution in [3.05, 3.63) is 87.7 Å². The van der Waals surface area contributed by atoms with Crippen molar-refractivity contribution >= 4 is 40.7 Å². The Morgan fingerprint density at radius 3 is 2.61 bits per heavy atom. The lowest BCUT2D eigenvalue weighted by molar-refractivity contribution is -0.142. The van der Waals surface area contributed by atoms with Crippen molar-refractivity contribution in [2.45, 2.75) is 32.2 Å². The minimum absolute atomic E-state index is 0.0200. The number of carbonyl (C=O) groups is 2. The van der Waals surface area contributed by atoms with E-state index in [9.17, 15) is 14.0 Å². The maximum Gasteiger partial charge on any atom is 0.229 e. The third-order valence-electron chi connectivity index (χ3n) is 7.93. The van der Waals surface area contributed by atoms with E-state index in [2.05, 4.69) is 10.2 Å². The molecule has 0 bridgehead atoms. The Bertz CT molecular complexity index is 1410. The number of carbonyl (C=O) groups excluding carboxylic acids is 2. The van der Waals surface area contributed by atoms with Crippen LogP contribution in [0.5, 0.6) is 0 Å². The van der Waals surface area contributed by atoms with Gasteiger partial charge in [-0.3, -0.25) is 14.5 Å². The number of morpholine rings is 1. The number of benzene rings is 3. The Labute approximate surface area is 250 Å². The summed E-state index contributed by atoms with van der Waals surface area (Å²) in [5, 5.41) is 4.07. The number of ether oxygens (including phenoxy) is 1. The number of nitrogens with zero attached hydrogens (tertiary/aromatic N) is 2. The molecule has 2 saturated heterocycles. The van der Waals surface area contributed by atoms with E-state index in [1.54, 1.807) is 29.2 Å². The van der Waals surface area contributed by atoms with Gasteiger partial charge in [0.25, 0.3) is 0 Å². The van der Waals surface area contributed by atoms with E-state index in [1.165, 1.54) is 12.1 Å². The minimum Gasteiger partial charge on any atom is -0.379 e. The lowest BCUT2D eigenvalue weighted by Crippen LogP contribution is -2.48. The van der Waals surface area contributed by atoms with Crippen LogP contribution in [0.2, 0.25) is 10.0 Å². The van der Waals surface area contributed by atoms with Gasteiger partial charge in [-0.2, -0.15) is 0 Å². The Kier molecular flexibility index (Phi) is 9.60. The third-order valence-corrected chi connectivity index (χ3v) is 8.48. The molecular formula is C32H34Cl2FN3O3. The van der Waals surface area contributed by atoms with E-state index in [1.807, 2.05) is 31.2 Å². The molecule has 2 heterocycles. The summed E-state index contributed by atoms with van der Waals surface area (Å²) in [5.41, 5.74) is 3.61. The first-order valence-corrected chi connectivity index (χ1v) is 14.8. The molecule has 1 unspecified atom stereocenters. The normalized spacial score (nSPS) is 19.8. The fourth-order valence-corrected chi connectivity index (χ4v) is 6.32. The van der Waals surface area contributed by atoms with Crippen LogP contribution in [0.4, 0.5) is 10.1 Å². The number of rotatable bonds is 8. The average molecular weight is 599 g/mol. The fraction of sp³-hybridized carbons (Fsp3) is 0.375. The molecule has 0 aliphatic carbocycles. The predicted molar refractivity (Wildman–Crippen MR) is 161 cm³/mol. The molecule has 216 valence electrons. The molecule has 0 radical (unpaired) electrons. The number of hydrogen-bond donors (Lipinski definition) is 1. The monoisotopic (exact) mass is 597 g/mol. The van der Waals surface area contributed by atoms with Crippen LogP contribution in [-0.2, 0) is 14.3 Å².